The number of sulfonamides is 2. The molecule has 0 heterocycles. The number of hydrogen-bond donors (Lipinski definition) is 0. The predicted octanol–water partition coefficient (Wildman–Crippen LogP) is 7.36. The van der Waals surface area contributed by atoms with E-state index >= 15 is 0 Å². The molecule has 6 nitrogen and oxygen atoms in total. The number of unbranched alkanes of at least 4 members (excludes halogenated alkanes) is 6. The van der Waals surface area contributed by atoms with Crippen LogP contribution in [-0.4, -0.2) is 37.3 Å². The Hall–Kier alpha value is -1.04. The average Bonchev–Trinajstić information content (AvgIpc) is 2.85. The van der Waals surface area contributed by atoms with E-state index in [-0.39, 0.29) is 9.79 Å². The number of nitrogens with zero attached hydrogens (tertiary/aromatic N) is 2. The average molecular weight is 573 g/mol. The van der Waals surface area contributed by atoms with E-state index in [1.165, 1.54) is 7.42 Å². The lowest BCUT2D eigenvalue weighted by Gasteiger charge is -2.25. The molecule has 0 aliphatic heterocycles. The number of hydrogen-bond acceptors (Lipinski definition) is 6. The minimum atomic E-state index is -3.79. The van der Waals surface area contributed by atoms with E-state index in [4.69, 9.17) is 0 Å². The van der Waals surface area contributed by atoms with Crippen molar-refractivity contribution in [1.29, 1.82) is 0 Å². The molecular formula is C26H40N2O4S4. The molecule has 0 unspecified atom stereocenters. The highest BCUT2D eigenvalue weighted by atomic mass is 33.1. The Morgan fingerprint density at radius 3 is 1.19 bits per heavy atom. The molecule has 0 aliphatic rings. The summed E-state index contributed by atoms with van der Waals surface area (Å²) in [6.07, 6.45) is 7.43. The molecule has 0 radical (unpaired) electrons. The molecule has 36 heavy (non-hydrogen) atoms. The Morgan fingerprint density at radius 2 is 0.889 bits per heavy atom. The fraction of sp³-hybridized carbons (Fsp3) is 0.538. The Bertz CT molecular complexity index is 1030. The van der Waals surface area contributed by atoms with Gasteiger partial charge in [0.1, 0.15) is 0 Å². The Labute approximate surface area is 227 Å². The summed E-state index contributed by atoms with van der Waals surface area (Å²) in [6.45, 7) is 8.69. The summed E-state index contributed by atoms with van der Waals surface area (Å²) in [6, 6.07) is 13.6. The fourth-order valence-corrected chi connectivity index (χ4v) is 10.2. The van der Waals surface area contributed by atoms with E-state index < -0.39 is 20.0 Å². The van der Waals surface area contributed by atoms with Gasteiger partial charge in [-0.2, -0.15) is 0 Å². The maximum atomic E-state index is 13.5. The molecule has 10 heteroatoms. The van der Waals surface area contributed by atoms with Crippen LogP contribution < -0.4 is 0 Å². The molecule has 0 aliphatic carbocycles. The fourth-order valence-electron chi connectivity index (χ4n) is 3.46. The van der Waals surface area contributed by atoms with E-state index in [9.17, 15) is 16.8 Å². The summed E-state index contributed by atoms with van der Waals surface area (Å²) in [5.74, 6) is 0. The van der Waals surface area contributed by atoms with Crippen molar-refractivity contribution < 1.29 is 16.8 Å². The second kappa shape index (κ2) is 15.4. The normalized spacial score (nSPS) is 12.5. The quantitative estimate of drug-likeness (QED) is 0.112. The van der Waals surface area contributed by atoms with Crippen LogP contribution in [0.1, 0.15) is 76.3 Å². The first kappa shape index (κ1) is 31.2. The highest BCUT2D eigenvalue weighted by molar-refractivity contribution is 8.76. The summed E-state index contributed by atoms with van der Waals surface area (Å²) in [4.78, 5) is 0.431. The van der Waals surface area contributed by atoms with E-state index in [1.54, 1.807) is 48.5 Å². The zero-order valence-corrected chi connectivity index (χ0v) is 25.1. The van der Waals surface area contributed by atoms with Gasteiger partial charge in [0.25, 0.3) is 20.0 Å². The molecular weight excluding hydrogens is 533 g/mol. The van der Waals surface area contributed by atoms with Gasteiger partial charge in [0.15, 0.2) is 0 Å². The van der Waals surface area contributed by atoms with Crippen LogP contribution in [0.25, 0.3) is 0 Å². The molecule has 0 spiro atoms. The van der Waals surface area contributed by atoms with Crippen molar-refractivity contribution in [2.24, 2.45) is 0 Å². The zero-order chi connectivity index (χ0) is 26.6. The van der Waals surface area contributed by atoms with Crippen LogP contribution in [0.4, 0.5) is 0 Å². The monoisotopic (exact) mass is 572 g/mol. The van der Waals surface area contributed by atoms with Crippen molar-refractivity contribution >= 4 is 42.0 Å². The van der Waals surface area contributed by atoms with Gasteiger partial charge in [-0.25, -0.2) is 16.8 Å². The molecule has 0 saturated carbocycles. The third-order valence-corrected chi connectivity index (χ3v) is 13.2. The summed E-state index contributed by atoms with van der Waals surface area (Å²) in [7, 11) is -5.60. The van der Waals surface area contributed by atoms with Gasteiger partial charge in [0.2, 0.25) is 0 Å². The highest BCUT2D eigenvalue weighted by Gasteiger charge is 2.30. The molecule has 0 atom stereocenters. The molecule has 0 amide bonds. The minimum absolute atomic E-state index is 0.215. The summed E-state index contributed by atoms with van der Waals surface area (Å²) >= 11 is 0. The lowest BCUT2D eigenvalue weighted by molar-refractivity contribution is 0.520. The van der Waals surface area contributed by atoms with E-state index in [1.807, 2.05) is 13.8 Å². The van der Waals surface area contributed by atoms with E-state index in [0.717, 1.165) is 71.6 Å². The first-order valence-corrected chi connectivity index (χ1v) is 17.6. The van der Waals surface area contributed by atoms with Crippen molar-refractivity contribution in [2.45, 2.75) is 88.9 Å². The van der Waals surface area contributed by atoms with Crippen LogP contribution in [0.15, 0.2) is 58.3 Å². The van der Waals surface area contributed by atoms with Crippen LogP contribution in [0.2, 0.25) is 0 Å². The first-order chi connectivity index (χ1) is 17.1. The SMILES string of the molecule is CCCCCCN(SSN(CCCCCC)S(=O)(=O)c1ccc(C)cc1)S(=O)(=O)c1ccc(C)cc1. The minimum Gasteiger partial charge on any atom is -0.206 e. The van der Waals surface area contributed by atoms with Crippen LogP contribution in [0.3, 0.4) is 0 Å². The zero-order valence-electron chi connectivity index (χ0n) is 21.9. The van der Waals surface area contributed by atoms with Gasteiger partial charge in [-0.05, 0) is 51.0 Å². The second-order valence-corrected chi connectivity index (χ2v) is 15.2. The molecule has 202 valence electrons. The van der Waals surface area contributed by atoms with Crippen molar-refractivity contribution in [3.63, 3.8) is 0 Å². The van der Waals surface area contributed by atoms with Gasteiger partial charge in [-0.3, -0.25) is 0 Å². The predicted molar refractivity (Wildman–Crippen MR) is 154 cm³/mol. The smallest absolute Gasteiger partial charge is 0.206 e. The number of aryl methyl sites for hydroxylation is 2. The maximum Gasteiger partial charge on any atom is 0.253 e. The largest absolute Gasteiger partial charge is 0.253 e. The van der Waals surface area contributed by atoms with Gasteiger partial charge in [0, 0.05) is 35.0 Å². The van der Waals surface area contributed by atoms with Crippen molar-refractivity contribution in [2.75, 3.05) is 13.1 Å². The molecule has 0 N–H and O–H groups in total. The highest BCUT2D eigenvalue weighted by Crippen LogP contribution is 2.38. The van der Waals surface area contributed by atoms with Crippen LogP contribution in [0.5, 0.6) is 0 Å². The number of rotatable bonds is 17. The first-order valence-electron chi connectivity index (χ1n) is 12.7. The van der Waals surface area contributed by atoms with Crippen molar-refractivity contribution in [3.05, 3.63) is 59.7 Å². The van der Waals surface area contributed by atoms with Crippen LogP contribution in [0, 0.1) is 13.8 Å². The molecule has 2 aromatic carbocycles. The molecule has 0 aromatic heterocycles. The summed E-state index contributed by atoms with van der Waals surface area (Å²) in [5.41, 5.74) is 1.96. The van der Waals surface area contributed by atoms with E-state index in [2.05, 4.69) is 13.8 Å². The Morgan fingerprint density at radius 1 is 0.556 bits per heavy atom. The summed E-state index contributed by atoms with van der Waals surface area (Å²) < 4.78 is 56.7. The Balaban J connectivity index is 2.28. The van der Waals surface area contributed by atoms with Gasteiger partial charge in [-0.1, -0.05) is 87.8 Å². The van der Waals surface area contributed by atoms with Crippen molar-refractivity contribution in [1.82, 2.24) is 7.42 Å². The Kier molecular flexibility index (Phi) is 13.3. The number of benzene rings is 2. The topological polar surface area (TPSA) is 74.8 Å². The van der Waals surface area contributed by atoms with Gasteiger partial charge < -0.3 is 0 Å². The molecule has 0 fully saturated rings. The summed E-state index contributed by atoms with van der Waals surface area (Å²) in [5, 5.41) is 0. The molecule has 0 saturated heterocycles. The van der Waals surface area contributed by atoms with Gasteiger partial charge >= 0.3 is 0 Å². The third kappa shape index (κ3) is 9.36. The van der Waals surface area contributed by atoms with E-state index in [0.29, 0.717) is 25.9 Å². The van der Waals surface area contributed by atoms with Crippen LogP contribution >= 0.6 is 22.0 Å². The maximum absolute atomic E-state index is 13.5. The van der Waals surface area contributed by atoms with Crippen LogP contribution in [-0.2, 0) is 20.0 Å². The third-order valence-electron chi connectivity index (χ3n) is 5.76. The molecule has 0 bridgehead atoms. The molecule has 2 aromatic rings. The second-order valence-electron chi connectivity index (χ2n) is 8.96. The van der Waals surface area contributed by atoms with Gasteiger partial charge in [0.05, 0.1) is 9.79 Å². The van der Waals surface area contributed by atoms with Crippen molar-refractivity contribution in [3.8, 4) is 0 Å². The standard InChI is InChI=1S/C26H40N2O4S4/c1-5-7-9-11-21-27(35(29,30)25-17-13-23(3)14-18-25)33-34-28(22-12-10-8-6-2)36(31,32)26-19-15-24(4)16-20-26/h13-20H,5-12,21-22H2,1-4H3. The lowest BCUT2D eigenvalue weighted by atomic mass is 10.2. The van der Waals surface area contributed by atoms with Gasteiger partial charge in [-0.15, -0.1) is 7.42 Å². The molecule has 2 rings (SSSR count). The lowest BCUT2D eigenvalue weighted by Crippen LogP contribution is -2.29.